The summed E-state index contributed by atoms with van der Waals surface area (Å²) in [4.78, 5) is 21.3. The van der Waals surface area contributed by atoms with Gasteiger partial charge in [0.2, 0.25) is 0 Å². The summed E-state index contributed by atoms with van der Waals surface area (Å²) in [6, 6.07) is 39.1. The first-order chi connectivity index (χ1) is 26.0. The van der Waals surface area contributed by atoms with Gasteiger partial charge in [-0.2, -0.15) is 0 Å². The molecule has 0 bridgehead atoms. The number of piperazine rings is 1. The van der Waals surface area contributed by atoms with E-state index in [1.807, 2.05) is 49.4 Å². The predicted octanol–water partition coefficient (Wildman–Crippen LogP) is 8.28. The van der Waals surface area contributed by atoms with Crippen molar-refractivity contribution in [2.45, 2.75) is 35.7 Å². The number of nitrogens with zero attached hydrogens (tertiary/aromatic N) is 3. The van der Waals surface area contributed by atoms with Crippen LogP contribution in [-0.2, 0) is 16.6 Å². The van der Waals surface area contributed by atoms with Crippen LogP contribution in [0.4, 0.5) is 11.4 Å². The van der Waals surface area contributed by atoms with Crippen molar-refractivity contribution in [3.63, 3.8) is 0 Å². The number of nitrogens with one attached hydrogen (secondary N) is 2. The van der Waals surface area contributed by atoms with Crippen LogP contribution in [0.5, 0.6) is 0 Å². The fourth-order valence-electron chi connectivity index (χ4n) is 6.55. The third-order valence-electron chi connectivity index (χ3n) is 9.65. The number of amides is 1. The minimum atomic E-state index is -4.09. The van der Waals surface area contributed by atoms with Gasteiger partial charge in [0.05, 0.1) is 4.90 Å². The molecule has 5 aromatic carbocycles. The Kier molecular flexibility index (Phi) is 13.4. The molecule has 1 aliphatic rings. The number of rotatable bonds is 15. The van der Waals surface area contributed by atoms with Crippen molar-refractivity contribution < 1.29 is 13.2 Å². The van der Waals surface area contributed by atoms with Crippen molar-refractivity contribution in [2.24, 2.45) is 0 Å². The minimum Gasteiger partial charge on any atom is -0.381 e. The number of benzene rings is 5. The summed E-state index contributed by atoms with van der Waals surface area (Å²) in [6.45, 7) is 7.13. The number of hydrogen-bond acceptors (Lipinski definition) is 8. The highest BCUT2D eigenvalue weighted by Crippen LogP contribution is 2.28. The van der Waals surface area contributed by atoms with E-state index in [2.05, 4.69) is 87.4 Å². The van der Waals surface area contributed by atoms with Gasteiger partial charge in [-0.15, -0.1) is 11.8 Å². The summed E-state index contributed by atoms with van der Waals surface area (Å²) in [5.74, 6) is 0.204. The van der Waals surface area contributed by atoms with Gasteiger partial charge < -0.3 is 15.1 Å². The Labute approximate surface area is 329 Å². The van der Waals surface area contributed by atoms with Crippen LogP contribution in [0, 0.1) is 6.92 Å². The fourth-order valence-corrected chi connectivity index (χ4v) is 8.73. The SMILES string of the molecule is Cc1cc(S(=O)(=O)NC(=O)c2ccc(N3CCN(Cc4ccccc4-c4ccc(Cl)cc4)CC3)cc2)ccc1N[C@@H](CCN(C)C)CSc1ccccc1. The van der Waals surface area contributed by atoms with Crippen LogP contribution in [0.3, 0.4) is 0 Å². The number of anilines is 2. The van der Waals surface area contributed by atoms with Gasteiger partial charge in [-0.05, 0) is 123 Å². The molecule has 1 atom stereocenters. The molecule has 1 fully saturated rings. The molecule has 11 heteroatoms. The monoisotopic (exact) mass is 781 g/mol. The molecule has 0 aliphatic carbocycles. The molecule has 0 aromatic heterocycles. The largest absolute Gasteiger partial charge is 0.381 e. The first-order valence-electron chi connectivity index (χ1n) is 18.2. The van der Waals surface area contributed by atoms with Crippen LogP contribution >= 0.6 is 23.4 Å². The Morgan fingerprint density at radius 3 is 2.22 bits per heavy atom. The molecule has 5 aromatic rings. The van der Waals surface area contributed by atoms with Gasteiger partial charge in [-0.25, -0.2) is 13.1 Å². The van der Waals surface area contributed by atoms with Gasteiger partial charge in [-0.1, -0.05) is 66.2 Å². The first-order valence-corrected chi connectivity index (χ1v) is 21.1. The number of aryl methyl sites for hydroxylation is 1. The van der Waals surface area contributed by atoms with E-state index < -0.39 is 15.9 Å². The van der Waals surface area contributed by atoms with Crippen LogP contribution < -0.4 is 14.9 Å². The zero-order valence-electron chi connectivity index (χ0n) is 31.0. The molecule has 54 heavy (non-hydrogen) atoms. The quantitative estimate of drug-likeness (QED) is 0.103. The van der Waals surface area contributed by atoms with Crippen LogP contribution in [0.2, 0.25) is 5.02 Å². The Morgan fingerprint density at radius 1 is 0.852 bits per heavy atom. The lowest BCUT2D eigenvalue weighted by atomic mass is 9.99. The average molecular weight is 782 g/mol. The molecule has 282 valence electrons. The van der Waals surface area contributed by atoms with E-state index in [1.54, 1.807) is 42.1 Å². The van der Waals surface area contributed by atoms with Crippen molar-refractivity contribution in [3.05, 3.63) is 143 Å². The lowest BCUT2D eigenvalue weighted by Gasteiger charge is -2.36. The number of carbonyl (C=O) groups excluding carboxylic acids is 1. The molecule has 0 saturated carbocycles. The van der Waals surface area contributed by atoms with Gasteiger partial charge in [0.25, 0.3) is 15.9 Å². The molecule has 8 nitrogen and oxygen atoms in total. The number of hydrogen-bond donors (Lipinski definition) is 2. The Morgan fingerprint density at radius 2 is 1.54 bits per heavy atom. The smallest absolute Gasteiger partial charge is 0.264 e. The average Bonchev–Trinajstić information content (AvgIpc) is 3.17. The molecular formula is C43H48ClN5O3S2. The van der Waals surface area contributed by atoms with E-state index >= 15 is 0 Å². The van der Waals surface area contributed by atoms with E-state index in [0.29, 0.717) is 0 Å². The summed E-state index contributed by atoms with van der Waals surface area (Å²) in [6.07, 6.45) is 0.929. The highest BCUT2D eigenvalue weighted by molar-refractivity contribution is 7.99. The van der Waals surface area contributed by atoms with Crippen LogP contribution in [0.1, 0.15) is 27.9 Å². The molecule has 0 radical (unpaired) electrons. The van der Waals surface area contributed by atoms with Gasteiger partial charge >= 0.3 is 0 Å². The maximum Gasteiger partial charge on any atom is 0.264 e. The predicted molar refractivity (Wildman–Crippen MR) is 224 cm³/mol. The van der Waals surface area contributed by atoms with Crippen molar-refractivity contribution >= 4 is 50.7 Å². The van der Waals surface area contributed by atoms with E-state index in [1.165, 1.54) is 16.0 Å². The molecule has 0 unspecified atom stereocenters. The summed E-state index contributed by atoms with van der Waals surface area (Å²) in [7, 11) is 0.0290. The van der Waals surface area contributed by atoms with Crippen LogP contribution in [-0.4, -0.2) is 82.7 Å². The lowest BCUT2D eigenvalue weighted by Crippen LogP contribution is -2.46. The third-order valence-corrected chi connectivity index (χ3v) is 12.4. The summed E-state index contributed by atoms with van der Waals surface area (Å²) in [5.41, 5.74) is 6.59. The lowest BCUT2D eigenvalue weighted by molar-refractivity contribution is 0.0981. The number of thioether (sulfide) groups is 1. The molecule has 2 N–H and O–H groups in total. The minimum absolute atomic E-state index is 0.0488. The molecule has 1 aliphatic heterocycles. The second-order valence-corrected chi connectivity index (χ2v) is 17.2. The molecular weight excluding hydrogens is 734 g/mol. The molecule has 1 amide bonds. The van der Waals surface area contributed by atoms with Crippen molar-refractivity contribution in [1.29, 1.82) is 0 Å². The van der Waals surface area contributed by atoms with Crippen molar-refractivity contribution in [2.75, 3.05) is 62.8 Å². The van der Waals surface area contributed by atoms with E-state index in [4.69, 9.17) is 11.6 Å². The second kappa shape index (κ2) is 18.3. The van der Waals surface area contributed by atoms with Gasteiger partial charge in [0, 0.05) is 71.4 Å². The topological polar surface area (TPSA) is 85.0 Å². The van der Waals surface area contributed by atoms with Crippen LogP contribution in [0.25, 0.3) is 11.1 Å². The summed E-state index contributed by atoms with van der Waals surface area (Å²) >= 11 is 7.92. The maximum absolute atomic E-state index is 13.4. The van der Waals surface area contributed by atoms with E-state index in [9.17, 15) is 13.2 Å². The Hall–Kier alpha value is -4.32. The van der Waals surface area contributed by atoms with Crippen LogP contribution in [0.15, 0.2) is 131 Å². The zero-order chi connectivity index (χ0) is 38.1. The van der Waals surface area contributed by atoms with Gasteiger partial charge in [0.15, 0.2) is 0 Å². The summed E-state index contributed by atoms with van der Waals surface area (Å²) < 4.78 is 29.0. The normalized spacial score (nSPS) is 14.2. The van der Waals surface area contributed by atoms with E-state index in [0.717, 1.165) is 79.0 Å². The first kappa shape index (κ1) is 39.4. The van der Waals surface area contributed by atoms with Crippen molar-refractivity contribution in [3.8, 4) is 11.1 Å². The number of halogens is 1. The highest BCUT2D eigenvalue weighted by Gasteiger charge is 2.22. The van der Waals surface area contributed by atoms with Gasteiger partial charge in [-0.3, -0.25) is 9.69 Å². The van der Waals surface area contributed by atoms with Crippen molar-refractivity contribution in [1.82, 2.24) is 14.5 Å². The molecule has 1 heterocycles. The maximum atomic E-state index is 13.4. The molecule has 1 saturated heterocycles. The molecule has 0 spiro atoms. The summed E-state index contributed by atoms with van der Waals surface area (Å²) in [5, 5.41) is 4.36. The highest BCUT2D eigenvalue weighted by atomic mass is 35.5. The standard InChI is InChI=1S/C43H48ClN5O3S2/c1-32-29-40(21-22-42(32)45-37(23-24-47(2)3)31-53-39-10-5-4-6-11-39)54(51,52)46-43(50)34-15-19-38(20-16-34)49-27-25-48(26-28-49)30-35-9-7-8-12-41(35)33-13-17-36(44)18-14-33/h4-22,29,37,45H,23-28,30-31H2,1-3H3,(H,46,50)/t37-/m0/s1. The zero-order valence-corrected chi connectivity index (χ0v) is 33.4. The Bertz CT molecular complexity index is 2110. The Balaban J connectivity index is 1.02. The number of sulfonamides is 1. The fraction of sp³-hybridized carbons (Fsp3) is 0.279. The number of carbonyl (C=O) groups is 1. The molecule has 6 rings (SSSR count). The second-order valence-electron chi connectivity index (χ2n) is 13.9. The third kappa shape index (κ3) is 10.7. The van der Waals surface area contributed by atoms with Gasteiger partial charge in [0.1, 0.15) is 0 Å². The van der Waals surface area contributed by atoms with E-state index in [-0.39, 0.29) is 16.5 Å².